The molecule has 2 rings (SSSR count). The molecule has 0 unspecified atom stereocenters. The Morgan fingerprint density at radius 2 is 1.80 bits per heavy atom. The standard InChI is InChI=1S/C19H19Cl2NO3/c1-12-8-9-15(20)19(18(12)21)22-16(23)11-25-17(24)10-13(2)14-6-4-3-5-7-14/h3-9,13H,10-11H2,1-2H3,(H,22,23)/t13-/m0/s1. The van der Waals surface area contributed by atoms with E-state index < -0.39 is 11.9 Å². The van der Waals surface area contributed by atoms with Crippen molar-refractivity contribution < 1.29 is 14.3 Å². The second-order valence-corrected chi connectivity index (χ2v) is 6.56. The van der Waals surface area contributed by atoms with Gasteiger partial charge in [-0.05, 0) is 30.0 Å². The van der Waals surface area contributed by atoms with Crippen molar-refractivity contribution in [3.63, 3.8) is 0 Å². The summed E-state index contributed by atoms with van der Waals surface area (Å²) in [6, 6.07) is 13.1. The van der Waals surface area contributed by atoms with Crippen LogP contribution in [0.15, 0.2) is 42.5 Å². The molecule has 6 heteroatoms. The fourth-order valence-electron chi connectivity index (χ4n) is 2.30. The summed E-state index contributed by atoms with van der Waals surface area (Å²) in [5.41, 5.74) is 2.15. The summed E-state index contributed by atoms with van der Waals surface area (Å²) in [5, 5.41) is 3.27. The van der Waals surface area contributed by atoms with Crippen molar-refractivity contribution >= 4 is 40.8 Å². The van der Waals surface area contributed by atoms with Crippen molar-refractivity contribution in [3.05, 3.63) is 63.6 Å². The third kappa shape index (κ3) is 5.48. The molecule has 0 bridgehead atoms. The van der Waals surface area contributed by atoms with Crippen LogP contribution in [0.2, 0.25) is 10.0 Å². The number of anilines is 1. The molecule has 4 nitrogen and oxygen atoms in total. The Balaban J connectivity index is 1.86. The smallest absolute Gasteiger partial charge is 0.306 e. The van der Waals surface area contributed by atoms with Crippen molar-refractivity contribution in [2.24, 2.45) is 0 Å². The molecule has 0 heterocycles. The molecule has 1 amide bonds. The van der Waals surface area contributed by atoms with Gasteiger partial charge in [-0.25, -0.2) is 0 Å². The highest BCUT2D eigenvalue weighted by Gasteiger charge is 2.16. The zero-order chi connectivity index (χ0) is 18.4. The van der Waals surface area contributed by atoms with Crippen LogP contribution in [0.25, 0.3) is 0 Å². The van der Waals surface area contributed by atoms with Crippen LogP contribution in [-0.2, 0) is 14.3 Å². The highest BCUT2D eigenvalue weighted by Crippen LogP contribution is 2.32. The van der Waals surface area contributed by atoms with Crippen molar-refractivity contribution in [3.8, 4) is 0 Å². The lowest BCUT2D eigenvalue weighted by atomic mass is 9.98. The molecular weight excluding hydrogens is 361 g/mol. The Kier molecular flexibility index (Phi) is 6.85. The molecular formula is C19H19Cl2NO3. The number of hydrogen-bond acceptors (Lipinski definition) is 3. The van der Waals surface area contributed by atoms with Crippen molar-refractivity contribution in [2.45, 2.75) is 26.2 Å². The van der Waals surface area contributed by atoms with Gasteiger partial charge in [-0.2, -0.15) is 0 Å². The van der Waals surface area contributed by atoms with E-state index in [2.05, 4.69) is 5.32 Å². The number of nitrogens with one attached hydrogen (secondary N) is 1. The third-order valence-corrected chi connectivity index (χ3v) is 4.56. The third-order valence-electron chi connectivity index (χ3n) is 3.75. The zero-order valence-electron chi connectivity index (χ0n) is 14.0. The molecule has 0 spiro atoms. The average molecular weight is 380 g/mol. The predicted molar refractivity (Wildman–Crippen MR) is 100 cm³/mol. The van der Waals surface area contributed by atoms with Gasteiger partial charge in [-0.3, -0.25) is 9.59 Å². The van der Waals surface area contributed by atoms with Crippen molar-refractivity contribution in [1.82, 2.24) is 0 Å². The summed E-state index contributed by atoms with van der Waals surface area (Å²) in [6.45, 7) is 3.35. The first-order chi connectivity index (χ1) is 11.9. The van der Waals surface area contributed by atoms with E-state index in [1.807, 2.05) is 37.3 Å². The maximum atomic E-state index is 12.0. The number of esters is 1. The van der Waals surface area contributed by atoms with E-state index in [4.69, 9.17) is 27.9 Å². The van der Waals surface area contributed by atoms with Gasteiger partial charge in [0.15, 0.2) is 6.61 Å². The summed E-state index contributed by atoms with van der Waals surface area (Å²) in [5.74, 6) is -0.916. The molecule has 0 aliphatic heterocycles. The van der Waals surface area contributed by atoms with Crippen LogP contribution in [0.4, 0.5) is 5.69 Å². The summed E-state index contributed by atoms with van der Waals surface area (Å²) < 4.78 is 5.04. The van der Waals surface area contributed by atoms with Crippen molar-refractivity contribution in [1.29, 1.82) is 0 Å². The minimum absolute atomic E-state index is 0.0115. The quantitative estimate of drug-likeness (QED) is 0.720. The Labute approximate surface area is 157 Å². The average Bonchev–Trinajstić information content (AvgIpc) is 2.61. The van der Waals surface area contributed by atoms with E-state index in [1.165, 1.54) is 0 Å². The van der Waals surface area contributed by atoms with Gasteiger partial charge in [0.25, 0.3) is 5.91 Å². The molecule has 0 fully saturated rings. The summed E-state index contributed by atoms with van der Waals surface area (Å²) in [6.07, 6.45) is 0.198. The van der Waals surface area contributed by atoms with Gasteiger partial charge in [0.05, 0.1) is 22.2 Å². The van der Waals surface area contributed by atoms with Crippen LogP contribution in [0.5, 0.6) is 0 Å². The number of carbonyl (C=O) groups excluding carboxylic acids is 2. The number of benzene rings is 2. The van der Waals surface area contributed by atoms with Crippen LogP contribution in [-0.4, -0.2) is 18.5 Å². The number of amides is 1. The lowest BCUT2D eigenvalue weighted by Gasteiger charge is -2.13. The van der Waals surface area contributed by atoms with Gasteiger partial charge >= 0.3 is 5.97 Å². The lowest BCUT2D eigenvalue weighted by molar-refractivity contribution is -0.147. The number of aryl methyl sites for hydroxylation is 1. The van der Waals surface area contributed by atoms with Crippen LogP contribution >= 0.6 is 23.2 Å². The summed E-state index contributed by atoms with van der Waals surface area (Å²) in [7, 11) is 0. The summed E-state index contributed by atoms with van der Waals surface area (Å²) >= 11 is 12.2. The summed E-state index contributed by atoms with van der Waals surface area (Å²) in [4.78, 5) is 23.9. The Morgan fingerprint density at radius 1 is 1.12 bits per heavy atom. The van der Waals surface area contributed by atoms with Gasteiger partial charge in [0.2, 0.25) is 0 Å². The van der Waals surface area contributed by atoms with E-state index >= 15 is 0 Å². The molecule has 2 aromatic rings. The number of rotatable bonds is 6. The van der Waals surface area contributed by atoms with Crippen LogP contribution in [0.1, 0.15) is 30.4 Å². The molecule has 0 saturated heterocycles. The Morgan fingerprint density at radius 3 is 2.48 bits per heavy atom. The normalized spacial score (nSPS) is 11.7. The first-order valence-electron chi connectivity index (χ1n) is 7.83. The first kappa shape index (κ1) is 19.3. The monoisotopic (exact) mass is 379 g/mol. The Hall–Kier alpha value is -2.04. The van der Waals surface area contributed by atoms with Crippen LogP contribution in [0, 0.1) is 6.92 Å². The molecule has 0 aliphatic carbocycles. The fraction of sp³-hybridized carbons (Fsp3) is 0.263. The maximum Gasteiger partial charge on any atom is 0.306 e. The number of ether oxygens (including phenoxy) is 1. The second kappa shape index (κ2) is 8.88. The highest BCUT2D eigenvalue weighted by molar-refractivity contribution is 6.40. The molecule has 132 valence electrons. The number of hydrogen-bond donors (Lipinski definition) is 1. The van der Waals surface area contributed by atoms with E-state index in [0.717, 1.165) is 11.1 Å². The molecule has 25 heavy (non-hydrogen) atoms. The maximum absolute atomic E-state index is 12.0. The van der Waals surface area contributed by atoms with Gasteiger partial charge in [0, 0.05) is 0 Å². The largest absolute Gasteiger partial charge is 0.456 e. The van der Waals surface area contributed by atoms with Crippen LogP contribution in [0.3, 0.4) is 0 Å². The Bertz CT molecular complexity index is 763. The van der Waals surface area contributed by atoms with E-state index in [-0.39, 0.29) is 18.9 Å². The molecule has 0 saturated carbocycles. The van der Waals surface area contributed by atoms with Gasteiger partial charge in [0.1, 0.15) is 0 Å². The zero-order valence-corrected chi connectivity index (χ0v) is 15.5. The van der Waals surface area contributed by atoms with E-state index in [0.29, 0.717) is 15.7 Å². The van der Waals surface area contributed by atoms with Gasteiger partial charge in [-0.15, -0.1) is 0 Å². The predicted octanol–water partition coefficient (Wildman–Crippen LogP) is 4.98. The number of halogens is 2. The van der Waals surface area contributed by atoms with Gasteiger partial charge < -0.3 is 10.1 Å². The highest BCUT2D eigenvalue weighted by atomic mass is 35.5. The molecule has 0 aromatic heterocycles. The minimum atomic E-state index is -0.491. The van der Waals surface area contributed by atoms with E-state index in [9.17, 15) is 9.59 Å². The molecule has 0 radical (unpaired) electrons. The fourth-order valence-corrected chi connectivity index (χ4v) is 2.77. The molecule has 0 aliphatic rings. The molecule has 1 atom stereocenters. The minimum Gasteiger partial charge on any atom is -0.456 e. The van der Waals surface area contributed by atoms with Crippen LogP contribution < -0.4 is 5.32 Å². The molecule has 1 N–H and O–H groups in total. The van der Waals surface area contributed by atoms with Gasteiger partial charge in [-0.1, -0.05) is 66.5 Å². The topological polar surface area (TPSA) is 55.4 Å². The number of carbonyl (C=O) groups is 2. The first-order valence-corrected chi connectivity index (χ1v) is 8.59. The lowest BCUT2D eigenvalue weighted by Crippen LogP contribution is -2.22. The van der Waals surface area contributed by atoms with E-state index in [1.54, 1.807) is 19.1 Å². The molecule has 2 aromatic carbocycles. The SMILES string of the molecule is Cc1ccc(Cl)c(NC(=O)COC(=O)C[C@H](C)c2ccccc2)c1Cl. The second-order valence-electron chi connectivity index (χ2n) is 5.78. The van der Waals surface area contributed by atoms with Crippen molar-refractivity contribution in [2.75, 3.05) is 11.9 Å².